The molecule has 0 aromatic heterocycles. The molecule has 2 N–H and O–H groups in total. The summed E-state index contributed by atoms with van der Waals surface area (Å²) < 4.78 is 38.6. The predicted octanol–water partition coefficient (Wildman–Crippen LogP) is 1.50. The molecule has 0 aliphatic rings. The molecule has 0 aliphatic carbocycles. The molecule has 0 aliphatic heterocycles. The third kappa shape index (κ3) is 4.60. The molecule has 9 heteroatoms. The Hall–Kier alpha value is -0.770. The molecule has 0 fully saturated rings. The predicted molar refractivity (Wildman–Crippen MR) is 84.6 cm³/mol. The summed E-state index contributed by atoms with van der Waals surface area (Å²) in [5.74, 6) is -1.21. The molecule has 2 atom stereocenters. The van der Waals surface area contributed by atoms with Crippen molar-refractivity contribution in [1.82, 2.24) is 4.72 Å². The average Bonchev–Trinajstić information content (AvgIpc) is 2.38. The number of rotatable bonds is 6. The van der Waals surface area contributed by atoms with Gasteiger partial charge in [-0.2, -0.15) is 0 Å². The van der Waals surface area contributed by atoms with Crippen LogP contribution in [0.1, 0.15) is 22.8 Å². The van der Waals surface area contributed by atoms with Crippen molar-refractivity contribution >= 4 is 42.7 Å². The van der Waals surface area contributed by atoms with Crippen LogP contribution in [0.15, 0.2) is 21.5 Å². The van der Waals surface area contributed by atoms with Gasteiger partial charge in [-0.05, 0) is 31.5 Å². The molecule has 0 spiro atoms. The Kier molecular flexibility index (Phi) is 6.09. The van der Waals surface area contributed by atoms with E-state index >= 15 is 0 Å². The van der Waals surface area contributed by atoms with E-state index in [0.717, 1.165) is 6.07 Å². The molecule has 1 aromatic rings. The standard InChI is InChI=1S/C12H16BrNO5S2/c1-7(20(3)17)6-14-21(18,19)11-5-9(12(15)16)4-10(13)8(11)2/h4-5,7,14H,6H2,1-3H3,(H,15,16). The smallest absolute Gasteiger partial charge is 0.335 e. The zero-order chi connectivity index (χ0) is 16.4. The van der Waals surface area contributed by atoms with Crippen molar-refractivity contribution in [3.05, 3.63) is 27.7 Å². The van der Waals surface area contributed by atoms with Crippen molar-refractivity contribution in [3.8, 4) is 0 Å². The van der Waals surface area contributed by atoms with E-state index < -0.39 is 26.8 Å². The number of carbonyl (C=O) groups is 1. The van der Waals surface area contributed by atoms with Crippen molar-refractivity contribution in [2.24, 2.45) is 0 Å². The largest absolute Gasteiger partial charge is 0.478 e. The van der Waals surface area contributed by atoms with Crippen molar-refractivity contribution in [3.63, 3.8) is 0 Å². The minimum absolute atomic E-state index is 0.0137. The lowest BCUT2D eigenvalue weighted by atomic mass is 10.1. The lowest BCUT2D eigenvalue weighted by Crippen LogP contribution is -2.33. The first-order chi connectivity index (χ1) is 9.56. The Labute approximate surface area is 134 Å². The molecular formula is C12H16BrNO5S2. The van der Waals surface area contributed by atoms with Gasteiger partial charge in [0.05, 0.1) is 10.5 Å². The monoisotopic (exact) mass is 397 g/mol. The molecule has 21 heavy (non-hydrogen) atoms. The number of nitrogens with one attached hydrogen (secondary N) is 1. The van der Waals surface area contributed by atoms with Crippen LogP contribution < -0.4 is 4.72 Å². The van der Waals surface area contributed by atoms with Crippen LogP contribution in [0.4, 0.5) is 0 Å². The maximum Gasteiger partial charge on any atom is 0.335 e. The van der Waals surface area contributed by atoms with E-state index in [1.54, 1.807) is 13.8 Å². The van der Waals surface area contributed by atoms with Gasteiger partial charge in [0.25, 0.3) is 0 Å². The van der Waals surface area contributed by atoms with Crippen LogP contribution in [0.2, 0.25) is 0 Å². The third-order valence-corrected chi connectivity index (χ3v) is 6.63. The van der Waals surface area contributed by atoms with Gasteiger partial charge < -0.3 is 5.11 Å². The lowest BCUT2D eigenvalue weighted by Gasteiger charge is -2.13. The van der Waals surface area contributed by atoms with Crippen LogP contribution in [0.25, 0.3) is 0 Å². The van der Waals surface area contributed by atoms with Gasteiger partial charge in [-0.3, -0.25) is 4.21 Å². The van der Waals surface area contributed by atoms with Crippen LogP contribution in [0, 0.1) is 6.92 Å². The highest BCUT2D eigenvalue weighted by Crippen LogP contribution is 2.25. The highest BCUT2D eigenvalue weighted by atomic mass is 79.9. The average molecular weight is 398 g/mol. The van der Waals surface area contributed by atoms with Gasteiger partial charge in [-0.25, -0.2) is 17.9 Å². The fraction of sp³-hybridized carbons (Fsp3) is 0.417. The second-order valence-electron chi connectivity index (χ2n) is 4.55. The fourth-order valence-corrected chi connectivity index (χ4v) is 3.91. The quantitative estimate of drug-likeness (QED) is 0.757. The highest BCUT2D eigenvalue weighted by Gasteiger charge is 2.22. The number of sulfonamides is 1. The zero-order valence-corrected chi connectivity index (χ0v) is 14.9. The van der Waals surface area contributed by atoms with Crippen molar-refractivity contribution in [1.29, 1.82) is 0 Å². The number of hydrogen-bond acceptors (Lipinski definition) is 4. The lowest BCUT2D eigenvalue weighted by molar-refractivity contribution is 0.0696. The molecule has 1 aromatic carbocycles. The van der Waals surface area contributed by atoms with Crippen LogP contribution >= 0.6 is 15.9 Å². The van der Waals surface area contributed by atoms with E-state index in [9.17, 15) is 17.4 Å². The number of hydrogen-bond donors (Lipinski definition) is 2. The van der Waals surface area contributed by atoms with E-state index in [1.807, 2.05) is 0 Å². The minimum atomic E-state index is -3.88. The van der Waals surface area contributed by atoms with E-state index in [0.29, 0.717) is 10.0 Å². The minimum Gasteiger partial charge on any atom is -0.478 e. The normalized spacial score (nSPS) is 14.7. The van der Waals surface area contributed by atoms with E-state index in [-0.39, 0.29) is 22.3 Å². The van der Waals surface area contributed by atoms with Crippen LogP contribution in [0.5, 0.6) is 0 Å². The van der Waals surface area contributed by atoms with E-state index in [1.165, 1.54) is 12.3 Å². The van der Waals surface area contributed by atoms with Crippen molar-refractivity contribution in [2.45, 2.75) is 24.0 Å². The fourth-order valence-electron chi connectivity index (χ4n) is 1.48. The first kappa shape index (κ1) is 18.3. The summed E-state index contributed by atoms with van der Waals surface area (Å²) in [6.07, 6.45) is 1.49. The maximum atomic E-state index is 12.3. The molecule has 0 amide bonds. The van der Waals surface area contributed by atoms with Gasteiger partial charge in [-0.1, -0.05) is 15.9 Å². The maximum absolute atomic E-state index is 12.3. The molecular weight excluding hydrogens is 382 g/mol. The summed E-state index contributed by atoms with van der Waals surface area (Å²) >= 11 is 3.16. The number of carboxylic acids is 1. The Morgan fingerprint density at radius 1 is 1.48 bits per heavy atom. The molecule has 1 rings (SSSR count). The van der Waals surface area contributed by atoms with Gasteiger partial charge in [0.2, 0.25) is 10.0 Å². The second kappa shape index (κ2) is 6.99. The SMILES string of the molecule is Cc1c(Br)cc(C(=O)O)cc1S(=O)(=O)NCC(C)S(C)=O. The van der Waals surface area contributed by atoms with Gasteiger partial charge in [-0.15, -0.1) is 0 Å². The Balaban J connectivity index is 3.19. The summed E-state index contributed by atoms with van der Waals surface area (Å²) in [5.41, 5.74) is 0.290. The first-order valence-electron chi connectivity index (χ1n) is 5.91. The van der Waals surface area contributed by atoms with Gasteiger partial charge in [0.1, 0.15) is 0 Å². The number of carboxylic acid groups (broad SMARTS) is 1. The summed E-state index contributed by atoms with van der Waals surface area (Å²) in [4.78, 5) is 10.9. The number of aromatic carboxylic acids is 1. The summed E-state index contributed by atoms with van der Waals surface area (Å²) in [7, 11) is -5.03. The van der Waals surface area contributed by atoms with Crippen molar-refractivity contribution in [2.75, 3.05) is 12.8 Å². The van der Waals surface area contributed by atoms with E-state index in [4.69, 9.17) is 5.11 Å². The molecule has 0 saturated carbocycles. The van der Waals surface area contributed by atoms with Gasteiger partial charge in [0, 0.05) is 33.3 Å². The van der Waals surface area contributed by atoms with E-state index in [2.05, 4.69) is 20.7 Å². The second-order valence-corrected chi connectivity index (χ2v) is 8.94. The summed E-state index contributed by atoms with van der Waals surface area (Å²) in [6.45, 7) is 3.25. The summed E-state index contributed by atoms with van der Waals surface area (Å²) in [5, 5.41) is 8.66. The topological polar surface area (TPSA) is 101 Å². The number of benzene rings is 1. The van der Waals surface area contributed by atoms with Crippen LogP contribution in [0.3, 0.4) is 0 Å². The number of halogens is 1. The molecule has 0 saturated heterocycles. The Bertz CT molecular complexity index is 687. The summed E-state index contributed by atoms with van der Waals surface area (Å²) in [6, 6.07) is 2.46. The van der Waals surface area contributed by atoms with Gasteiger partial charge in [0.15, 0.2) is 0 Å². The molecule has 0 radical (unpaired) electrons. The molecule has 0 bridgehead atoms. The molecule has 0 heterocycles. The molecule has 6 nitrogen and oxygen atoms in total. The first-order valence-corrected chi connectivity index (χ1v) is 9.81. The van der Waals surface area contributed by atoms with Crippen molar-refractivity contribution < 1.29 is 22.5 Å². The Morgan fingerprint density at radius 2 is 2.05 bits per heavy atom. The van der Waals surface area contributed by atoms with Gasteiger partial charge >= 0.3 is 5.97 Å². The zero-order valence-electron chi connectivity index (χ0n) is 11.7. The van der Waals surface area contributed by atoms with Crippen LogP contribution in [-0.4, -0.2) is 41.8 Å². The van der Waals surface area contributed by atoms with Crippen LogP contribution in [-0.2, 0) is 20.8 Å². The third-order valence-electron chi connectivity index (χ3n) is 2.96. The Morgan fingerprint density at radius 3 is 2.52 bits per heavy atom. The molecule has 2 unspecified atom stereocenters. The highest BCUT2D eigenvalue weighted by molar-refractivity contribution is 9.10. The molecule has 118 valence electrons.